The number of furan rings is 1. The molecule has 3 rings (SSSR count). The van der Waals surface area contributed by atoms with E-state index in [0.29, 0.717) is 18.5 Å². The molecule has 2 atom stereocenters. The molecular weight excluding hydrogens is 210 g/mol. The van der Waals surface area contributed by atoms with Crippen molar-refractivity contribution in [1.29, 1.82) is 0 Å². The molecule has 0 N–H and O–H groups in total. The lowest BCUT2D eigenvalue weighted by atomic mass is 10.3. The van der Waals surface area contributed by atoms with E-state index in [1.165, 1.54) is 11.0 Å². The van der Waals surface area contributed by atoms with Gasteiger partial charge < -0.3 is 4.42 Å². The summed E-state index contributed by atoms with van der Waals surface area (Å²) in [4.78, 5) is 34.9. The summed E-state index contributed by atoms with van der Waals surface area (Å²) < 4.78 is 5.13. The zero-order valence-electron chi connectivity index (χ0n) is 8.38. The van der Waals surface area contributed by atoms with E-state index in [-0.39, 0.29) is 36.0 Å². The maximum atomic E-state index is 11.6. The smallest absolute Gasteiger partial charge is 0.233 e. The Morgan fingerprint density at radius 2 is 2.00 bits per heavy atom. The number of rotatable bonds is 3. The van der Waals surface area contributed by atoms with Crippen LogP contribution in [-0.2, 0) is 16.1 Å². The average molecular weight is 219 g/mol. The number of hydrogen-bond acceptors (Lipinski definition) is 4. The molecule has 0 radical (unpaired) electrons. The molecule has 1 aromatic rings. The highest BCUT2D eigenvalue weighted by Gasteiger charge is 2.58. The number of fused-ring (bicyclic) bond motifs is 1. The number of amides is 2. The summed E-state index contributed by atoms with van der Waals surface area (Å²) in [7, 11) is 0. The molecule has 5 nitrogen and oxygen atoms in total. The van der Waals surface area contributed by atoms with E-state index in [9.17, 15) is 14.4 Å². The van der Waals surface area contributed by atoms with Crippen LogP contribution in [0.15, 0.2) is 16.5 Å². The predicted octanol–water partition coefficient (Wildman–Crippen LogP) is 0.597. The van der Waals surface area contributed by atoms with Gasteiger partial charge in [0.05, 0.1) is 18.4 Å². The van der Waals surface area contributed by atoms with Gasteiger partial charge in [-0.05, 0) is 18.6 Å². The fourth-order valence-electron chi connectivity index (χ4n) is 2.10. The van der Waals surface area contributed by atoms with Gasteiger partial charge in [-0.15, -0.1) is 0 Å². The van der Waals surface area contributed by atoms with Crippen molar-refractivity contribution in [2.45, 2.75) is 13.0 Å². The Morgan fingerprint density at radius 1 is 1.31 bits per heavy atom. The second kappa shape index (κ2) is 3.04. The van der Waals surface area contributed by atoms with Gasteiger partial charge in [0, 0.05) is 0 Å². The van der Waals surface area contributed by atoms with Gasteiger partial charge in [0.1, 0.15) is 5.76 Å². The number of piperidine rings is 1. The lowest BCUT2D eigenvalue weighted by Gasteiger charge is -2.14. The lowest BCUT2D eigenvalue weighted by Crippen LogP contribution is -2.32. The maximum absolute atomic E-state index is 11.6. The van der Waals surface area contributed by atoms with Crippen molar-refractivity contribution in [3.05, 3.63) is 23.7 Å². The molecule has 1 saturated carbocycles. The molecule has 82 valence electrons. The Bertz CT molecular complexity index is 470. The summed E-state index contributed by atoms with van der Waals surface area (Å²) in [5, 5.41) is 0. The molecule has 2 aliphatic rings. The molecule has 2 fully saturated rings. The molecular formula is C11H9NO4. The summed E-state index contributed by atoms with van der Waals surface area (Å²) in [6, 6.07) is 3.13. The van der Waals surface area contributed by atoms with Gasteiger partial charge in [0.2, 0.25) is 11.8 Å². The van der Waals surface area contributed by atoms with Crippen LogP contribution in [0.25, 0.3) is 0 Å². The van der Waals surface area contributed by atoms with Crippen molar-refractivity contribution >= 4 is 18.1 Å². The zero-order chi connectivity index (χ0) is 11.3. The van der Waals surface area contributed by atoms with Gasteiger partial charge in [-0.2, -0.15) is 0 Å². The number of carbonyl (C=O) groups is 3. The molecule has 0 aromatic carbocycles. The molecule has 1 aliphatic heterocycles. The van der Waals surface area contributed by atoms with Gasteiger partial charge in [-0.3, -0.25) is 19.3 Å². The second-order valence-electron chi connectivity index (χ2n) is 4.13. The van der Waals surface area contributed by atoms with Crippen LogP contribution in [-0.4, -0.2) is 23.0 Å². The third-order valence-corrected chi connectivity index (χ3v) is 3.07. The van der Waals surface area contributed by atoms with Gasteiger partial charge in [0.15, 0.2) is 12.0 Å². The van der Waals surface area contributed by atoms with Crippen LogP contribution in [0.3, 0.4) is 0 Å². The molecule has 5 heteroatoms. The van der Waals surface area contributed by atoms with Crippen molar-refractivity contribution in [1.82, 2.24) is 4.90 Å². The van der Waals surface area contributed by atoms with E-state index in [1.54, 1.807) is 6.07 Å². The summed E-state index contributed by atoms with van der Waals surface area (Å²) in [6.07, 6.45) is 1.29. The van der Waals surface area contributed by atoms with Crippen LogP contribution >= 0.6 is 0 Å². The molecule has 2 unspecified atom stereocenters. The van der Waals surface area contributed by atoms with Crippen LogP contribution in [0.2, 0.25) is 0 Å². The number of imide groups is 1. The fraction of sp³-hybridized carbons (Fsp3) is 0.364. The van der Waals surface area contributed by atoms with E-state index in [0.717, 1.165) is 0 Å². The summed E-state index contributed by atoms with van der Waals surface area (Å²) in [5.74, 6) is 0.267. The average Bonchev–Trinajstić information content (AvgIpc) is 2.90. The van der Waals surface area contributed by atoms with Crippen LogP contribution in [0, 0.1) is 11.8 Å². The highest BCUT2D eigenvalue weighted by atomic mass is 16.3. The van der Waals surface area contributed by atoms with Crippen molar-refractivity contribution in [2.24, 2.45) is 11.8 Å². The van der Waals surface area contributed by atoms with Crippen molar-refractivity contribution in [3.63, 3.8) is 0 Å². The zero-order valence-corrected chi connectivity index (χ0v) is 8.38. The van der Waals surface area contributed by atoms with Crippen molar-refractivity contribution in [2.75, 3.05) is 0 Å². The number of carbonyl (C=O) groups excluding carboxylic acids is 3. The van der Waals surface area contributed by atoms with Crippen LogP contribution in [0.4, 0.5) is 0 Å². The van der Waals surface area contributed by atoms with Crippen LogP contribution in [0.5, 0.6) is 0 Å². The molecule has 0 bridgehead atoms. The minimum Gasteiger partial charge on any atom is -0.456 e. The van der Waals surface area contributed by atoms with E-state index in [2.05, 4.69) is 0 Å². The summed E-state index contributed by atoms with van der Waals surface area (Å²) in [6.45, 7) is 0.137. The molecule has 2 heterocycles. The standard InChI is InChI=1S/C11H9NO4/c13-5-7-2-1-6(16-7)4-12-10(14)8-3-9(8)11(12)15/h1-2,5,8-9H,3-4H2. The maximum Gasteiger partial charge on any atom is 0.233 e. The van der Waals surface area contributed by atoms with Crippen LogP contribution in [0.1, 0.15) is 22.7 Å². The fourth-order valence-corrected chi connectivity index (χ4v) is 2.10. The molecule has 1 aromatic heterocycles. The summed E-state index contributed by atoms with van der Waals surface area (Å²) in [5.41, 5.74) is 0. The third-order valence-electron chi connectivity index (χ3n) is 3.07. The van der Waals surface area contributed by atoms with E-state index >= 15 is 0 Å². The van der Waals surface area contributed by atoms with Crippen molar-refractivity contribution < 1.29 is 18.8 Å². The first-order valence-electron chi connectivity index (χ1n) is 5.10. The minimum absolute atomic E-state index is 0.0898. The topological polar surface area (TPSA) is 67.6 Å². The number of aldehydes is 1. The first-order chi connectivity index (χ1) is 7.70. The Labute approximate surface area is 91.0 Å². The SMILES string of the molecule is O=Cc1ccc(CN2C(=O)C3CC3C2=O)o1. The molecule has 1 saturated heterocycles. The first kappa shape index (κ1) is 9.33. The molecule has 2 amide bonds. The summed E-state index contributed by atoms with van der Waals surface area (Å²) >= 11 is 0. The van der Waals surface area contributed by atoms with Gasteiger partial charge in [-0.1, -0.05) is 0 Å². The normalized spacial score (nSPS) is 27.1. The monoisotopic (exact) mass is 219 g/mol. The lowest BCUT2D eigenvalue weighted by molar-refractivity contribution is -0.142. The van der Waals surface area contributed by atoms with E-state index in [4.69, 9.17) is 4.42 Å². The van der Waals surface area contributed by atoms with Gasteiger partial charge in [-0.25, -0.2) is 0 Å². The van der Waals surface area contributed by atoms with Gasteiger partial charge in [0.25, 0.3) is 0 Å². The van der Waals surface area contributed by atoms with E-state index < -0.39 is 0 Å². The van der Waals surface area contributed by atoms with Gasteiger partial charge >= 0.3 is 0 Å². The molecule has 16 heavy (non-hydrogen) atoms. The first-order valence-corrected chi connectivity index (χ1v) is 5.10. The Balaban J connectivity index is 1.77. The minimum atomic E-state index is -0.112. The Morgan fingerprint density at radius 3 is 2.56 bits per heavy atom. The Kier molecular flexibility index (Phi) is 1.77. The predicted molar refractivity (Wildman–Crippen MR) is 51.2 cm³/mol. The van der Waals surface area contributed by atoms with Crippen molar-refractivity contribution in [3.8, 4) is 0 Å². The second-order valence-corrected chi connectivity index (χ2v) is 4.13. The quantitative estimate of drug-likeness (QED) is 0.551. The molecule has 0 spiro atoms. The van der Waals surface area contributed by atoms with Crippen LogP contribution < -0.4 is 0 Å². The highest BCUT2D eigenvalue weighted by Crippen LogP contribution is 2.47. The number of nitrogens with zero attached hydrogens (tertiary/aromatic N) is 1. The highest BCUT2D eigenvalue weighted by molar-refractivity contribution is 6.08. The Hall–Kier alpha value is -1.91. The number of hydrogen-bond donors (Lipinski definition) is 0. The number of likely N-dealkylation sites (tertiary alicyclic amines) is 1. The largest absolute Gasteiger partial charge is 0.456 e. The third kappa shape index (κ3) is 1.21. The van der Waals surface area contributed by atoms with E-state index in [1.807, 2.05) is 0 Å². The molecule has 1 aliphatic carbocycles.